The summed E-state index contributed by atoms with van der Waals surface area (Å²) in [6, 6.07) is 17.3. The van der Waals surface area contributed by atoms with E-state index in [4.69, 9.17) is 4.74 Å². The highest BCUT2D eigenvalue weighted by Gasteiger charge is 2.02. The van der Waals surface area contributed by atoms with Gasteiger partial charge in [0, 0.05) is 17.1 Å². The summed E-state index contributed by atoms with van der Waals surface area (Å²) in [6.07, 6.45) is 1.78. The highest BCUT2D eigenvalue weighted by molar-refractivity contribution is 5.94. The Kier molecular flexibility index (Phi) is 3.65. The van der Waals surface area contributed by atoms with E-state index in [0.29, 0.717) is 17.9 Å². The van der Waals surface area contributed by atoms with Crippen LogP contribution >= 0.6 is 0 Å². The second kappa shape index (κ2) is 5.75. The van der Waals surface area contributed by atoms with Crippen molar-refractivity contribution in [2.45, 2.75) is 13.5 Å². The molecule has 0 N–H and O–H groups in total. The van der Waals surface area contributed by atoms with E-state index in [1.807, 2.05) is 36.4 Å². The lowest BCUT2D eigenvalue weighted by atomic mass is 10.1. The van der Waals surface area contributed by atoms with Crippen molar-refractivity contribution in [3.8, 4) is 5.75 Å². The van der Waals surface area contributed by atoms with Gasteiger partial charge in [0.05, 0.1) is 5.52 Å². The smallest absolute Gasteiger partial charge is 0.159 e. The minimum absolute atomic E-state index is 0.0391. The van der Waals surface area contributed by atoms with Crippen LogP contribution in [0.2, 0.25) is 0 Å². The lowest BCUT2D eigenvalue weighted by molar-refractivity contribution is 0.101. The van der Waals surface area contributed by atoms with Gasteiger partial charge in [0.25, 0.3) is 0 Å². The van der Waals surface area contributed by atoms with Crippen LogP contribution in [0.5, 0.6) is 5.75 Å². The third-order valence-electron chi connectivity index (χ3n) is 3.31. The maximum atomic E-state index is 11.4. The number of hydrogen-bond donors (Lipinski definition) is 0. The number of aromatic nitrogens is 1. The number of benzene rings is 2. The van der Waals surface area contributed by atoms with E-state index in [0.717, 1.165) is 16.5 Å². The standard InChI is InChI=1S/C18H15NO2/c1-13(20)15-4-2-6-17(11-15)21-12-14-7-8-18-16(10-14)5-3-9-19-18/h2-11H,12H2,1H3. The summed E-state index contributed by atoms with van der Waals surface area (Å²) in [5.74, 6) is 0.742. The third-order valence-corrected chi connectivity index (χ3v) is 3.31. The molecule has 3 rings (SSSR count). The second-order valence-electron chi connectivity index (χ2n) is 4.90. The van der Waals surface area contributed by atoms with Crippen molar-refractivity contribution in [3.05, 3.63) is 71.9 Å². The topological polar surface area (TPSA) is 39.2 Å². The van der Waals surface area contributed by atoms with E-state index in [-0.39, 0.29) is 5.78 Å². The zero-order chi connectivity index (χ0) is 14.7. The average molecular weight is 277 g/mol. The molecule has 0 aliphatic heterocycles. The van der Waals surface area contributed by atoms with E-state index in [1.165, 1.54) is 0 Å². The van der Waals surface area contributed by atoms with Crippen molar-refractivity contribution in [2.24, 2.45) is 0 Å². The van der Waals surface area contributed by atoms with E-state index < -0.39 is 0 Å². The molecule has 0 saturated heterocycles. The van der Waals surface area contributed by atoms with Gasteiger partial charge in [-0.3, -0.25) is 9.78 Å². The SMILES string of the molecule is CC(=O)c1cccc(OCc2ccc3ncccc3c2)c1. The van der Waals surface area contributed by atoms with Crippen LogP contribution in [0.4, 0.5) is 0 Å². The lowest BCUT2D eigenvalue weighted by Gasteiger charge is -2.08. The quantitative estimate of drug-likeness (QED) is 0.676. The van der Waals surface area contributed by atoms with Gasteiger partial charge in [0.1, 0.15) is 12.4 Å². The van der Waals surface area contributed by atoms with Crippen LogP contribution in [0.15, 0.2) is 60.8 Å². The molecule has 3 nitrogen and oxygen atoms in total. The summed E-state index contributed by atoms with van der Waals surface area (Å²) in [5, 5.41) is 1.09. The predicted octanol–water partition coefficient (Wildman–Crippen LogP) is 4.02. The number of ketones is 1. The van der Waals surface area contributed by atoms with Crippen molar-refractivity contribution in [1.82, 2.24) is 4.98 Å². The predicted molar refractivity (Wildman–Crippen MR) is 82.5 cm³/mol. The molecule has 0 aliphatic carbocycles. The Hall–Kier alpha value is -2.68. The zero-order valence-corrected chi connectivity index (χ0v) is 11.7. The summed E-state index contributed by atoms with van der Waals surface area (Å²) in [4.78, 5) is 15.6. The number of carbonyl (C=O) groups is 1. The maximum absolute atomic E-state index is 11.4. The molecule has 0 spiro atoms. The van der Waals surface area contributed by atoms with Crippen LogP contribution in [0, 0.1) is 0 Å². The first-order valence-corrected chi connectivity index (χ1v) is 6.80. The normalized spacial score (nSPS) is 10.5. The van der Waals surface area contributed by atoms with Gasteiger partial charge in [-0.05, 0) is 42.8 Å². The fourth-order valence-corrected chi connectivity index (χ4v) is 2.19. The molecule has 2 aromatic carbocycles. The van der Waals surface area contributed by atoms with E-state index in [2.05, 4.69) is 11.1 Å². The van der Waals surface area contributed by atoms with E-state index >= 15 is 0 Å². The molecule has 0 atom stereocenters. The summed E-state index contributed by atoms with van der Waals surface area (Å²) >= 11 is 0. The fourth-order valence-electron chi connectivity index (χ4n) is 2.19. The zero-order valence-electron chi connectivity index (χ0n) is 11.7. The Bertz CT molecular complexity index is 796. The van der Waals surface area contributed by atoms with Gasteiger partial charge in [0.2, 0.25) is 0 Å². The highest BCUT2D eigenvalue weighted by atomic mass is 16.5. The molecule has 0 amide bonds. The van der Waals surface area contributed by atoms with Crippen molar-refractivity contribution in [1.29, 1.82) is 0 Å². The van der Waals surface area contributed by atoms with E-state index in [1.54, 1.807) is 25.3 Å². The number of hydrogen-bond acceptors (Lipinski definition) is 3. The van der Waals surface area contributed by atoms with Gasteiger partial charge in [0.15, 0.2) is 5.78 Å². The van der Waals surface area contributed by atoms with Crippen LogP contribution in [-0.2, 0) is 6.61 Å². The Morgan fingerprint density at radius 2 is 2.00 bits per heavy atom. The molecule has 0 unspecified atom stereocenters. The molecule has 3 aromatic rings. The van der Waals surface area contributed by atoms with Crippen LogP contribution in [0.3, 0.4) is 0 Å². The van der Waals surface area contributed by atoms with Gasteiger partial charge in [-0.15, -0.1) is 0 Å². The number of Topliss-reactive ketones (excluding diaryl/α,β-unsaturated/α-hetero) is 1. The summed E-state index contributed by atoms with van der Waals surface area (Å²) < 4.78 is 5.76. The number of nitrogens with zero attached hydrogens (tertiary/aromatic N) is 1. The molecule has 1 aromatic heterocycles. The molecular formula is C18H15NO2. The molecule has 0 radical (unpaired) electrons. The Labute approximate surface area is 123 Å². The van der Waals surface area contributed by atoms with Crippen LogP contribution in [-0.4, -0.2) is 10.8 Å². The number of carbonyl (C=O) groups excluding carboxylic acids is 1. The molecule has 0 bridgehead atoms. The van der Waals surface area contributed by atoms with Crippen molar-refractivity contribution < 1.29 is 9.53 Å². The lowest BCUT2D eigenvalue weighted by Crippen LogP contribution is -1.97. The van der Waals surface area contributed by atoms with E-state index in [9.17, 15) is 4.79 Å². The van der Waals surface area contributed by atoms with Gasteiger partial charge in [-0.1, -0.05) is 24.3 Å². The van der Waals surface area contributed by atoms with Crippen molar-refractivity contribution >= 4 is 16.7 Å². The first kappa shape index (κ1) is 13.3. The van der Waals surface area contributed by atoms with Crippen LogP contribution in [0.1, 0.15) is 22.8 Å². The minimum Gasteiger partial charge on any atom is -0.489 e. The monoisotopic (exact) mass is 277 g/mol. The van der Waals surface area contributed by atoms with Gasteiger partial charge in [-0.25, -0.2) is 0 Å². The molecule has 1 heterocycles. The summed E-state index contributed by atoms with van der Waals surface area (Å²) in [5.41, 5.74) is 2.71. The summed E-state index contributed by atoms with van der Waals surface area (Å²) in [7, 11) is 0. The molecular weight excluding hydrogens is 262 g/mol. The molecule has 21 heavy (non-hydrogen) atoms. The molecule has 104 valence electrons. The van der Waals surface area contributed by atoms with Crippen LogP contribution in [0.25, 0.3) is 10.9 Å². The third kappa shape index (κ3) is 3.08. The molecule has 3 heteroatoms. The van der Waals surface area contributed by atoms with Gasteiger partial charge >= 0.3 is 0 Å². The number of fused-ring (bicyclic) bond motifs is 1. The molecule has 0 aliphatic rings. The van der Waals surface area contributed by atoms with Crippen molar-refractivity contribution in [3.63, 3.8) is 0 Å². The number of ether oxygens (including phenoxy) is 1. The number of rotatable bonds is 4. The minimum atomic E-state index is 0.0391. The Morgan fingerprint density at radius 1 is 1.10 bits per heavy atom. The van der Waals surface area contributed by atoms with Crippen molar-refractivity contribution in [2.75, 3.05) is 0 Å². The molecule has 0 saturated carbocycles. The Balaban J connectivity index is 1.77. The van der Waals surface area contributed by atoms with Gasteiger partial charge < -0.3 is 4.74 Å². The fraction of sp³-hybridized carbons (Fsp3) is 0.111. The maximum Gasteiger partial charge on any atom is 0.159 e. The largest absolute Gasteiger partial charge is 0.489 e. The number of pyridine rings is 1. The molecule has 0 fully saturated rings. The van der Waals surface area contributed by atoms with Gasteiger partial charge in [-0.2, -0.15) is 0 Å². The highest BCUT2D eigenvalue weighted by Crippen LogP contribution is 2.18. The summed E-state index contributed by atoms with van der Waals surface area (Å²) in [6.45, 7) is 2.02. The average Bonchev–Trinajstić information content (AvgIpc) is 2.53. The second-order valence-corrected chi connectivity index (χ2v) is 4.90. The Morgan fingerprint density at radius 3 is 2.86 bits per heavy atom. The first-order valence-electron chi connectivity index (χ1n) is 6.80. The first-order chi connectivity index (χ1) is 10.2. The van der Waals surface area contributed by atoms with Crippen LogP contribution < -0.4 is 4.74 Å².